The van der Waals surface area contributed by atoms with Gasteiger partial charge < -0.3 is 15.0 Å². The van der Waals surface area contributed by atoms with Gasteiger partial charge in [0.1, 0.15) is 17.3 Å². The zero-order valence-corrected chi connectivity index (χ0v) is 23.3. The molecular weight excluding hydrogens is 521 g/mol. The van der Waals surface area contributed by atoms with Crippen LogP contribution in [0.15, 0.2) is 85.1 Å². The van der Waals surface area contributed by atoms with Gasteiger partial charge in [-0.3, -0.25) is 9.59 Å². The first kappa shape index (κ1) is 27.5. The third-order valence-electron chi connectivity index (χ3n) is 6.95. The Hall–Kier alpha value is -5.05. The van der Waals surface area contributed by atoms with Crippen molar-refractivity contribution >= 4 is 29.0 Å². The molecule has 0 saturated heterocycles. The van der Waals surface area contributed by atoms with Crippen LogP contribution in [0.25, 0.3) is 16.8 Å². The number of amides is 1. The van der Waals surface area contributed by atoms with Gasteiger partial charge in [-0.25, -0.2) is 8.91 Å². The van der Waals surface area contributed by atoms with Crippen molar-refractivity contribution in [2.75, 3.05) is 26.5 Å². The molecule has 5 rings (SSSR count). The summed E-state index contributed by atoms with van der Waals surface area (Å²) in [5, 5.41) is 7.73. The van der Waals surface area contributed by atoms with Crippen LogP contribution in [0.2, 0.25) is 0 Å². The number of nitrogens with one attached hydrogen (secondary N) is 1. The second-order valence-corrected chi connectivity index (χ2v) is 10.0. The van der Waals surface area contributed by atoms with Crippen molar-refractivity contribution in [2.24, 2.45) is 0 Å². The van der Waals surface area contributed by atoms with E-state index < -0.39 is 0 Å². The number of halogens is 1. The molecule has 0 spiro atoms. The number of benzene rings is 3. The molecule has 0 aliphatic rings. The van der Waals surface area contributed by atoms with Gasteiger partial charge in [-0.2, -0.15) is 4.98 Å². The topological polar surface area (TPSA) is 88.8 Å². The van der Waals surface area contributed by atoms with Crippen molar-refractivity contribution in [1.29, 1.82) is 0 Å². The standard InChI is InChI=1S/C32H30FN5O3/c1-20(22-9-13-26(33)14-10-22)28(39)17-21-5-7-23(8-6-21)25-12-16-30-35-32(36-38(30)19-25)34-27-15-11-24(18-29(27)41-4)31(40)37(2)3/h5-16,18-20H,17H2,1-4H3,(H,34,36)/t20-/m1/s1. The Bertz CT molecular complexity index is 1710. The average molecular weight is 552 g/mol. The van der Waals surface area contributed by atoms with E-state index in [1.54, 1.807) is 56.1 Å². The van der Waals surface area contributed by atoms with Crippen LogP contribution < -0.4 is 10.1 Å². The summed E-state index contributed by atoms with van der Waals surface area (Å²) in [4.78, 5) is 31.2. The quantitative estimate of drug-likeness (QED) is 0.245. The van der Waals surface area contributed by atoms with Gasteiger partial charge in [0.15, 0.2) is 5.65 Å². The summed E-state index contributed by atoms with van der Waals surface area (Å²) in [7, 11) is 4.94. The molecule has 0 radical (unpaired) electrons. The van der Waals surface area contributed by atoms with E-state index in [9.17, 15) is 14.0 Å². The normalized spacial score (nSPS) is 11.7. The summed E-state index contributed by atoms with van der Waals surface area (Å²) in [6.45, 7) is 1.84. The number of carbonyl (C=O) groups is 2. The molecule has 208 valence electrons. The van der Waals surface area contributed by atoms with Crippen molar-refractivity contribution in [3.8, 4) is 16.9 Å². The molecule has 1 amide bonds. The number of aromatic nitrogens is 3. The summed E-state index contributed by atoms with van der Waals surface area (Å²) >= 11 is 0. The lowest BCUT2D eigenvalue weighted by molar-refractivity contribution is -0.119. The fourth-order valence-corrected chi connectivity index (χ4v) is 4.52. The molecule has 41 heavy (non-hydrogen) atoms. The lowest BCUT2D eigenvalue weighted by Gasteiger charge is -2.13. The first-order chi connectivity index (χ1) is 19.7. The Labute approximate surface area is 237 Å². The number of hydrogen-bond acceptors (Lipinski definition) is 6. The number of ketones is 1. The molecule has 0 unspecified atom stereocenters. The summed E-state index contributed by atoms with van der Waals surface area (Å²) in [5.41, 5.74) is 5.44. The molecule has 2 aromatic heterocycles. The van der Waals surface area contributed by atoms with Crippen molar-refractivity contribution in [1.82, 2.24) is 19.5 Å². The number of ether oxygens (including phenoxy) is 1. The Morgan fingerprint density at radius 2 is 1.68 bits per heavy atom. The highest BCUT2D eigenvalue weighted by Crippen LogP contribution is 2.29. The number of nitrogens with zero attached hydrogens (tertiary/aromatic N) is 4. The van der Waals surface area contributed by atoms with Crippen LogP contribution in [0.1, 0.15) is 34.3 Å². The Morgan fingerprint density at radius 3 is 2.37 bits per heavy atom. The fraction of sp³-hybridized carbons (Fsp3) is 0.188. The minimum absolute atomic E-state index is 0.0731. The van der Waals surface area contributed by atoms with E-state index in [0.29, 0.717) is 35.0 Å². The number of Topliss-reactive ketones (excluding diaryl/α,β-unsaturated/α-hetero) is 1. The van der Waals surface area contributed by atoms with Gasteiger partial charge in [-0.15, -0.1) is 5.10 Å². The zero-order chi connectivity index (χ0) is 29.1. The second-order valence-electron chi connectivity index (χ2n) is 10.0. The van der Waals surface area contributed by atoms with Gasteiger partial charge in [-0.1, -0.05) is 43.3 Å². The molecule has 0 aliphatic carbocycles. The largest absolute Gasteiger partial charge is 0.495 e. The molecule has 9 heteroatoms. The maximum absolute atomic E-state index is 13.2. The van der Waals surface area contributed by atoms with E-state index >= 15 is 0 Å². The van der Waals surface area contributed by atoms with Gasteiger partial charge in [0.25, 0.3) is 5.91 Å². The summed E-state index contributed by atoms with van der Waals surface area (Å²) in [5.74, 6) is 0.215. The Balaban J connectivity index is 1.29. The van der Waals surface area contributed by atoms with Crippen LogP contribution in [0, 0.1) is 5.82 Å². The lowest BCUT2D eigenvalue weighted by Crippen LogP contribution is -2.21. The molecule has 0 saturated carbocycles. The van der Waals surface area contributed by atoms with Crippen LogP contribution in [0.3, 0.4) is 0 Å². The first-order valence-corrected chi connectivity index (χ1v) is 13.1. The van der Waals surface area contributed by atoms with E-state index in [1.807, 2.05) is 49.5 Å². The number of hydrogen-bond donors (Lipinski definition) is 1. The third-order valence-corrected chi connectivity index (χ3v) is 6.95. The maximum atomic E-state index is 13.2. The molecule has 0 bridgehead atoms. The molecule has 1 N–H and O–H groups in total. The highest BCUT2D eigenvalue weighted by molar-refractivity contribution is 5.95. The second kappa shape index (κ2) is 11.6. The molecule has 0 fully saturated rings. The van der Waals surface area contributed by atoms with Gasteiger partial charge in [0.05, 0.1) is 12.8 Å². The van der Waals surface area contributed by atoms with Gasteiger partial charge >= 0.3 is 0 Å². The summed E-state index contributed by atoms with van der Waals surface area (Å²) in [6.07, 6.45) is 2.18. The maximum Gasteiger partial charge on any atom is 0.253 e. The smallest absolute Gasteiger partial charge is 0.253 e. The van der Waals surface area contributed by atoms with Crippen LogP contribution in [0.5, 0.6) is 5.75 Å². The van der Waals surface area contributed by atoms with E-state index in [2.05, 4.69) is 15.4 Å². The monoisotopic (exact) mass is 551 g/mol. The zero-order valence-electron chi connectivity index (χ0n) is 23.3. The van der Waals surface area contributed by atoms with Gasteiger partial charge in [0, 0.05) is 43.8 Å². The lowest BCUT2D eigenvalue weighted by atomic mass is 9.92. The Kier molecular flexibility index (Phi) is 7.78. The highest BCUT2D eigenvalue weighted by Gasteiger charge is 2.17. The first-order valence-electron chi connectivity index (χ1n) is 13.1. The van der Waals surface area contributed by atoms with E-state index in [1.165, 1.54) is 17.0 Å². The predicted molar refractivity (Wildman–Crippen MR) is 156 cm³/mol. The van der Waals surface area contributed by atoms with Gasteiger partial charge in [0.2, 0.25) is 5.95 Å². The minimum Gasteiger partial charge on any atom is -0.495 e. The van der Waals surface area contributed by atoms with Gasteiger partial charge in [-0.05, 0) is 59.2 Å². The van der Waals surface area contributed by atoms with E-state index in [4.69, 9.17) is 4.74 Å². The van der Waals surface area contributed by atoms with Crippen LogP contribution >= 0.6 is 0 Å². The molecule has 3 aromatic carbocycles. The number of rotatable bonds is 9. The number of anilines is 2. The molecule has 5 aromatic rings. The van der Waals surface area contributed by atoms with Crippen molar-refractivity contribution in [3.05, 3.63) is 108 Å². The molecule has 2 heterocycles. The van der Waals surface area contributed by atoms with Crippen LogP contribution in [-0.2, 0) is 11.2 Å². The third kappa shape index (κ3) is 6.09. The average Bonchev–Trinajstić information content (AvgIpc) is 3.39. The van der Waals surface area contributed by atoms with Crippen molar-refractivity contribution < 1.29 is 18.7 Å². The number of methoxy groups -OCH3 is 1. The van der Waals surface area contributed by atoms with Crippen LogP contribution in [-0.4, -0.2) is 52.4 Å². The molecular formula is C32H30FN5O3. The van der Waals surface area contributed by atoms with E-state index in [0.717, 1.165) is 22.3 Å². The number of fused-ring (bicyclic) bond motifs is 1. The molecule has 8 nitrogen and oxygen atoms in total. The minimum atomic E-state index is -0.315. The van der Waals surface area contributed by atoms with Crippen LogP contribution in [0.4, 0.5) is 16.0 Å². The van der Waals surface area contributed by atoms with E-state index in [-0.39, 0.29) is 23.4 Å². The van der Waals surface area contributed by atoms with Crippen molar-refractivity contribution in [2.45, 2.75) is 19.3 Å². The molecule has 1 atom stereocenters. The fourth-order valence-electron chi connectivity index (χ4n) is 4.52. The SMILES string of the molecule is COc1cc(C(=O)N(C)C)ccc1Nc1nc2ccc(-c3ccc(CC(=O)[C@H](C)c4ccc(F)cc4)cc3)cn2n1. The predicted octanol–water partition coefficient (Wildman–Crippen LogP) is 5.90. The Morgan fingerprint density at radius 1 is 0.976 bits per heavy atom. The summed E-state index contributed by atoms with van der Waals surface area (Å²) < 4.78 is 20.4. The van der Waals surface area contributed by atoms with Crippen molar-refractivity contribution in [3.63, 3.8) is 0 Å². The number of carbonyl (C=O) groups excluding carboxylic acids is 2. The highest BCUT2D eigenvalue weighted by atomic mass is 19.1. The summed E-state index contributed by atoms with van der Waals surface area (Å²) in [6, 6.07) is 22.9. The molecule has 0 aliphatic heterocycles. The number of pyridine rings is 1.